The van der Waals surface area contributed by atoms with Crippen LogP contribution in [0, 0.1) is 5.92 Å². The van der Waals surface area contributed by atoms with Crippen LogP contribution in [-0.2, 0) is 0 Å². The lowest BCUT2D eigenvalue weighted by Gasteiger charge is -2.45. The molecule has 0 aromatic heterocycles. The van der Waals surface area contributed by atoms with Gasteiger partial charge in [-0.2, -0.15) is 0 Å². The van der Waals surface area contributed by atoms with E-state index in [1.807, 2.05) is 0 Å². The highest BCUT2D eigenvalue weighted by Crippen LogP contribution is 2.27. The van der Waals surface area contributed by atoms with Crippen LogP contribution in [0.2, 0.25) is 0 Å². The van der Waals surface area contributed by atoms with Gasteiger partial charge >= 0.3 is 0 Å². The van der Waals surface area contributed by atoms with Gasteiger partial charge in [0.1, 0.15) is 5.84 Å². The molecule has 5 nitrogen and oxygen atoms in total. The van der Waals surface area contributed by atoms with Gasteiger partial charge < -0.3 is 21.2 Å². The Morgan fingerprint density at radius 2 is 2.20 bits per heavy atom. The normalized spacial score (nSPS) is 35.7. The molecule has 0 spiro atoms. The van der Waals surface area contributed by atoms with Crippen LogP contribution in [0.1, 0.15) is 19.3 Å². The maximum Gasteiger partial charge on any atom is 0.140 e. The number of hydrogen-bond acceptors (Lipinski definition) is 4. The lowest BCUT2D eigenvalue weighted by molar-refractivity contribution is 0.0733. The second-order valence-corrected chi connectivity index (χ2v) is 4.54. The van der Waals surface area contributed by atoms with Gasteiger partial charge in [-0.3, -0.25) is 0 Å². The van der Waals surface area contributed by atoms with E-state index in [9.17, 15) is 0 Å². The summed E-state index contributed by atoms with van der Waals surface area (Å²) in [5.41, 5.74) is 5.41. The Labute approximate surface area is 90.3 Å². The van der Waals surface area contributed by atoms with Crippen molar-refractivity contribution in [3.05, 3.63) is 0 Å². The smallest absolute Gasteiger partial charge is 0.140 e. The number of oxime groups is 1. The summed E-state index contributed by atoms with van der Waals surface area (Å²) in [6, 6.07) is 0.610. The summed E-state index contributed by atoms with van der Waals surface area (Å²) in [7, 11) is 0. The highest BCUT2D eigenvalue weighted by Gasteiger charge is 2.33. The number of rotatable bonds is 4. The number of nitrogens with zero attached hydrogens (tertiary/aromatic N) is 2. The van der Waals surface area contributed by atoms with Crippen LogP contribution >= 0.6 is 0 Å². The topological polar surface area (TPSA) is 73.9 Å². The number of nitrogens with one attached hydrogen (secondary N) is 1. The Morgan fingerprint density at radius 3 is 2.73 bits per heavy atom. The molecule has 0 aromatic rings. The van der Waals surface area contributed by atoms with Crippen molar-refractivity contribution >= 4 is 5.84 Å². The molecule has 3 heterocycles. The third kappa shape index (κ3) is 2.60. The third-order valence-corrected chi connectivity index (χ3v) is 3.57. The Hall–Kier alpha value is -0.810. The van der Waals surface area contributed by atoms with Crippen LogP contribution in [0.4, 0.5) is 0 Å². The first-order valence-electron chi connectivity index (χ1n) is 5.71. The van der Waals surface area contributed by atoms with Gasteiger partial charge in [-0.15, -0.1) is 0 Å². The van der Waals surface area contributed by atoms with Crippen LogP contribution in [0.3, 0.4) is 0 Å². The van der Waals surface area contributed by atoms with Gasteiger partial charge in [-0.25, -0.2) is 0 Å². The van der Waals surface area contributed by atoms with Crippen LogP contribution in [0.5, 0.6) is 0 Å². The molecule has 0 saturated carbocycles. The summed E-state index contributed by atoms with van der Waals surface area (Å²) in [6.45, 7) is 4.51. The number of fused-ring (bicyclic) bond motifs is 3. The molecule has 86 valence electrons. The molecule has 3 rings (SSSR count). The van der Waals surface area contributed by atoms with E-state index in [-0.39, 0.29) is 0 Å². The van der Waals surface area contributed by atoms with E-state index in [0.29, 0.717) is 18.3 Å². The second kappa shape index (κ2) is 4.81. The number of hydrogen-bond donors (Lipinski definition) is 3. The number of piperidine rings is 3. The minimum Gasteiger partial charge on any atom is -0.409 e. The van der Waals surface area contributed by atoms with E-state index in [1.54, 1.807) is 0 Å². The molecule has 0 amide bonds. The van der Waals surface area contributed by atoms with E-state index < -0.39 is 0 Å². The predicted molar refractivity (Wildman–Crippen MR) is 59.0 cm³/mol. The monoisotopic (exact) mass is 212 g/mol. The first-order valence-corrected chi connectivity index (χ1v) is 5.71. The first kappa shape index (κ1) is 10.7. The van der Waals surface area contributed by atoms with E-state index in [2.05, 4.69) is 15.4 Å². The molecule has 0 aliphatic carbocycles. The van der Waals surface area contributed by atoms with Crippen LogP contribution < -0.4 is 11.1 Å². The lowest BCUT2D eigenvalue weighted by Crippen LogP contribution is -2.56. The highest BCUT2D eigenvalue weighted by atomic mass is 16.4. The first-order chi connectivity index (χ1) is 7.29. The molecule has 1 unspecified atom stereocenters. The second-order valence-electron chi connectivity index (χ2n) is 4.54. The molecule has 3 aliphatic rings. The molecule has 3 saturated heterocycles. The molecule has 4 N–H and O–H groups in total. The minimum absolute atomic E-state index is 0.309. The van der Waals surface area contributed by atoms with Crippen molar-refractivity contribution in [2.24, 2.45) is 16.8 Å². The maximum atomic E-state index is 8.40. The molecule has 0 radical (unpaired) electrons. The van der Waals surface area contributed by atoms with Crippen molar-refractivity contribution in [3.8, 4) is 0 Å². The van der Waals surface area contributed by atoms with Crippen molar-refractivity contribution in [1.29, 1.82) is 0 Å². The van der Waals surface area contributed by atoms with Gasteiger partial charge in [0.25, 0.3) is 0 Å². The molecule has 0 aromatic carbocycles. The van der Waals surface area contributed by atoms with Gasteiger partial charge in [0.2, 0.25) is 0 Å². The molecule has 2 bridgehead atoms. The average Bonchev–Trinajstić information content (AvgIpc) is 2.30. The maximum absolute atomic E-state index is 8.40. The Bertz CT molecular complexity index is 236. The van der Waals surface area contributed by atoms with E-state index in [0.717, 1.165) is 12.5 Å². The van der Waals surface area contributed by atoms with Gasteiger partial charge in [0.15, 0.2) is 0 Å². The van der Waals surface area contributed by atoms with E-state index in [4.69, 9.17) is 10.9 Å². The fraction of sp³-hybridized carbons (Fsp3) is 0.900. The van der Waals surface area contributed by atoms with Crippen LogP contribution in [0.15, 0.2) is 5.16 Å². The van der Waals surface area contributed by atoms with Crippen LogP contribution in [-0.4, -0.2) is 48.2 Å². The van der Waals surface area contributed by atoms with Crippen LogP contribution in [0.25, 0.3) is 0 Å². The summed E-state index contributed by atoms with van der Waals surface area (Å²) in [6.07, 6.45) is 3.27. The van der Waals surface area contributed by atoms with Gasteiger partial charge in [-0.05, 0) is 31.8 Å². The minimum atomic E-state index is 0.309. The van der Waals surface area contributed by atoms with Gasteiger partial charge in [0, 0.05) is 25.6 Å². The molecular weight excluding hydrogens is 192 g/mol. The molecule has 3 aliphatic heterocycles. The molecular formula is C10H20N4O. The molecule has 15 heavy (non-hydrogen) atoms. The van der Waals surface area contributed by atoms with Gasteiger partial charge in [0.05, 0.1) is 0 Å². The standard InChI is InChI=1S/C10H20N4O/c11-10(13-15)1-4-12-9-7-14-5-2-8(9)3-6-14/h8-9,12,15H,1-7H2,(H2,11,13). The number of amidine groups is 1. The Morgan fingerprint density at radius 1 is 1.47 bits per heavy atom. The molecule has 1 atom stereocenters. The molecule has 3 fully saturated rings. The zero-order chi connectivity index (χ0) is 10.7. The van der Waals surface area contributed by atoms with Crippen molar-refractivity contribution in [2.75, 3.05) is 26.2 Å². The van der Waals surface area contributed by atoms with Crippen molar-refractivity contribution in [1.82, 2.24) is 10.2 Å². The fourth-order valence-corrected chi connectivity index (χ4v) is 2.63. The highest BCUT2D eigenvalue weighted by molar-refractivity contribution is 5.79. The Balaban J connectivity index is 1.71. The summed E-state index contributed by atoms with van der Waals surface area (Å²) >= 11 is 0. The van der Waals surface area contributed by atoms with Gasteiger partial charge in [-0.1, -0.05) is 5.16 Å². The van der Waals surface area contributed by atoms with Crippen molar-refractivity contribution < 1.29 is 5.21 Å². The largest absolute Gasteiger partial charge is 0.409 e. The SMILES string of the molecule is NC(CCNC1CN2CCC1CC2)=NO. The zero-order valence-corrected chi connectivity index (χ0v) is 9.02. The fourth-order valence-electron chi connectivity index (χ4n) is 2.63. The summed E-state index contributed by atoms with van der Waals surface area (Å²) < 4.78 is 0. The van der Waals surface area contributed by atoms with Crippen molar-refractivity contribution in [2.45, 2.75) is 25.3 Å². The summed E-state index contributed by atoms with van der Waals surface area (Å²) in [4.78, 5) is 2.52. The molecule has 5 heteroatoms. The zero-order valence-electron chi connectivity index (χ0n) is 9.02. The van der Waals surface area contributed by atoms with Crippen molar-refractivity contribution in [3.63, 3.8) is 0 Å². The summed E-state index contributed by atoms with van der Waals surface area (Å²) in [5, 5.41) is 14.9. The van der Waals surface area contributed by atoms with E-state index >= 15 is 0 Å². The Kier molecular flexibility index (Phi) is 3.43. The third-order valence-electron chi connectivity index (χ3n) is 3.57. The number of nitrogens with two attached hydrogens (primary N) is 1. The van der Waals surface area contributed by atoms with E-state index in [1.165, 1.54) is 32.5 Å². The average molecular weight is 212 g/mol. The summed E-state index contributed by atoms with van der Waals surface area (Å²) in [5.74, 6) is 1.14. The lowest BCUT2D eigenvalue weighted by atomic mass is 9.84. The predicted octanol–water partition coefficient (Wildman–Crippen LogP) is -0.193. The quantitative estimate of drug-likeness (QED) is 0.261.